The number of amides is 1. The molecule has 0 rings (SSSR count). The van der Waals surface area contributed by atoms with Gasteiger partial charge in [-0.2, -0.15) is 0 Å². The first-order chi connectivity index (χ1) is 28.0. The maximum absolute atomic E-state index is 13.1. The van der Waals surface area contributed by atoms with E-state index in [1.807, 2.05) is 12.2 Å². The summed E-state index contributed by atoms with van der Waals surface area (Å²) >= 11 is 0. The van der Waals surface area contributed by atoms with Gasteiger partial charge < -0.3 is 20.3 Å². The summed E-state index contributed by atoms with van der Waals surface area (Å²) < 4.78 is 5.80. The van der Waals surface area contributed by atoms with Crippen LogP contribution in [-0.2, 0) is 14.3 Å². The van der Waals surface area contributed by atoms with Gasteiger partial charge in [-0.1, -0.05) is 210 Å². The first-order valence-electron chi connectivity index (χ1n) is 24.1. The number of allylic oxidation sites excluding steroid dienone is 9. The van der Waals surface area contributed by atoms with Gasteiger partial charge in [-0.3, -0.25) is 9.59 Å². The van der Waals surface area contributed by atoms with Crippen molar-refractivity contribution in [3.05, 3.63) is 60.8 Å². The monoisotopic (exact) mass is 798 g/mol. The maximum atomic E-state index is 13.1. The van der Waals surface area contributed by atoms with Crippen LogP contribution in [0.2, 0.25) is 0 Å². The van der Waals surface area contributed by atoms with Gasteiger partial charge in [-0.25, -0.2) is 0 Å². The van der Waals surface area contributed by atoms with E-state index in [0.29, 0.717) is 19.3 Å². The lowest BCUT2D eigenvalue weighted by atomic mass is 10.0. The number of aliphatic hydroxyl groups is 2. The number of carbonyl (C=O) groups excluding carboxylic acids is 2. The summed E-state index contributed by atoms with van der Waals surface area (Å²) in [6.45, 7) is 6.39. The standard InChI is InChI=1S/C51H91NO5/c1-4-7-10-13-16-19-21-22-23-24-25-26-27-29-32-35-38-41-44-51(56)57-47(42-39-36-33-31-28-20-17-14-11-8-5-2)45-50(55)52-48(46-53)49(54)43-40-37-34-30-18-15-12-9-6-3/h21-26,31,33,39,42,47-49,53-54H,4-20,27-30,32,34-38,40-41,43-46H2,1-3H3,(H,52,55)/b22-21+,24-23+,26-25+,33-31-,42-39+. The summed E-state index contributed by atoms with van der Waals surface area (Å²) in [6, 6.07) is -0.736. The van der Waals surface area contributed by atoms with Crippen molar-refractivity contribution in [1.29, 1.82) is 0 Å². The number of hydrogen-bond donors (Lipinski definition) is 3. The smallest absolute Gasteiger partial charge is 0.306 e. The quantitative estimate of drug-likeness (QED) is 0.0247. The number of esters is 1. The summed E-state index contributed by atoms with van der Waals surface area (Å²) in [5.41, 5.74) is 0. The van der Waals surface area contributed by atoms with Crippen LogP contribution in [-0.4, -0.2) is 46.9 Å². The number of ether oxygens (including phenoxy) is 1. The molecule has 330 valence electrons. The van der Waals surface area contributed by atoms with E-state index in [1.165, 1.54) is 116 Å². The second-order valence-corrected chi connectivity index (χ2v) is 16.2. The lowest BCUT2D eigenvalue weighted by molar-refractivity contribution is -0.148. The first-order valence-corrected chi connectivity index (χ1v) is 24.1. The molecule has 0 radical (unpaired) electrons. The van der Waals surface area contributed by atoms with Gasteiger partial charge in [0.15, 0.2) is 0 Å². The van der Waals surface area contributed by atoms with Crippen molar-refractivity contribution >= 4 is 11.9 Å². The Morgan fingerprint density at radius 3 is 1.51 bits per heavy atom. The van der Waals surface area contributed by atoms with Crippen LogP contribution in [0.4, 0.5) is 0 Å². The van der Waals surface area contributed by atoms with Gasteiger partial charge in [-0.15, -0.1) is 0 Å². The number of hydrogen-bond acceptors (Lipinski definition) is 5. The molecule has 0 saturated heterocycles. The summed E-state index contributed by atoms with van der Waals surface area (Å²) in [7, 11) is 0. The van der Waals surface area contributed by atoms with E-state index in [1.54, 1.807) is 0 Å². The Morgan fingerprint density at radius 1 is 0.544 bits per heavy atom. The van der Waals surface area contributed by atoms with Gasteiger partial charge in [-0.05, 0) is 63.9 Å². The second kappa shape index (κ2) is 44.7. The van der Waals surface area contributed by atoms with E-state index < -0.39 is 18.2 Å². The Morgan fingerprint density at radius 2 is 1.00 bits per heavy atom. The van der Waals surface area contributed by atoms with Crippen molar-refractivity contribution in [2.24, 2.45) is 0 Å². The Kier molecular flexibility index (Phi) is 42.7. The minimum atomic E-state index is -0.813. The average Bonchev–Trinajstić information content (AvgIpc) is 3.20. The summed E-state index contributed by atoms with van der Waals surface area (Å²) in [4.78, 5) is 25.9. The molecule has 3 atom stereocenters. The molecule has 0 aliphatic rings. The first kappa shape index (κ1) is 54.6. The molecular weight excluding hydrogens is 707 g/mol. The van der Waals surface area contributed by atoms with Crippen molar-refractivity contribution in [3.63, 3.8) is 0 Å². The van der Waals surface area contributed by atoms with E-state index >= 15 is 0 Å². The van der Waals surface area contributed by atoms with Gasteiger partial charge >= 0.3 is 5.97 Å². The summed E-state index contributed by atoms with van der Waals surface area (Å²) in [5.74, 6) is -0.629. The number of aliphatic hydroxyl groups excluding tert-OH is 2. The van der Waals surface area contributed by atoms with Crippen LogP contribution in [0, 0.1) is 0 Å². The normalized spacial score (nSPS) is 13.8. The minimum absolute atomic E-state index is 0.0386. The molecule has 0 aliphatic carbocycles. The van der Waals surface area contributed by atoms with E-state index in [-0.39, 0.29) is 24.9 Å². The molecule has 0 fully saturated rings. The third-order valence-corrected chi connectivity index (χ3v) is 10.6. The van der Waals surface area contributed by atoms with E-state index in [9.17, 15) is 19.8 Å². The van der Waals surface area contributed by atoms with Gasteiger partial charge in [0.25, 0.3) is 0 Å². The van der Waals surface area contributed by atoms with Gasteiger partial charge in [0.05, 0.1) is 25.2 Å². The van der Waals surface area contributed by atoms with Crippen LogP contribution in [0.15, 0.2) is 60.8 Å². The molecule has 0 aromatic heterocycles. The van der Waals surface area contributed by atoms with E-state index in [0.717, 1.165) is 64.2 Å². The highest BCUT2D eigenvalue weighted by Crippen LogP contribution is 2.15. The topological polar surface area (TPSA) is 95.9 Å². The highest BCUT2D eigenvalue weighted by atomic mass is 16.5. The fourth-order valence-corrected chi connectivity index (χ4v) is 6.93. The Bertz CT molecular complexity index is 1030. The van der Waals surface area contributed by atoms with Gasteiger partial charge in [0.2, 0.25) is 5.91 Å². The molecule has 0 aromatic rings. The zero-order valence-corrected chi connectivity index (χ0v) is 37.5. The highest BCUT2D eigenvalue weighted by Gasteiger charge is 2.23. The van der Waals surface area contributed by atoms with Crippen molar-refractivity contribution in [2.45, 2.75) is 244 Å². The van der Waals surface area contributed by atoms with Crippen LogP contribution in [0.1, 0.15) is 226 Å². The zero-order valence-electron chi connectivity index (χ0n) is 37.5. The summed E-state index contributed by atoms with van der Waals surface area (Å²) in [6.07, 6.45) is 54.5. The van der Waals surface area contributed by atoms with Crippen molar-refractivity contribution in [2.75, 3.05) is 6.61 Å². The predicted molar refractivity (Wildman–Crippen MR) is 245 cm³/mol. The van der Waals surface area contributed by atoms with Gasteiger partial charge in [0.1, 0.15) is 6.10 Å². The molecule has 0 spiro atoms. The van der Waals surface area contributed by atoms with Crippen LogP contribution in [0.25, 0.3) is 0 Å². The Balaban J connectivity index is 4.66. The molecule has 3 unspecified atom stereocenters. The molecule has 0 bridgehead atoms. The predicted octanol–water partition coefficient (Wildman–Crippen LogP) is 14.1. The molecule has 3 N–H and O–H groups in total. The third-order valence-electron chi connectivity index (χ3n) is 10.6. The third kappa shape index (κ3) is 40.1. The van der Waals surface area contributed by atoms with Crippen molar-refractivity contribution in [3.8, 4) is 0 Å². The van der Waals surface area contributed by atoms with Crippen LogP contribution in [0.5, 0.6) is 0 Å². The zero-order chi connectivity index (χ0) is 41.7. The van der Waals surface area contributed by atoms with Crippen molar-refractivity contribution < 1.29 is 24.5 Å². The SMILES string of the molecule is CCCCCCC/C=C/C=C/C=C/CCCCCCCC(=O)OC(/C=C/C/C=C\CCCCCCCC)CC(=O)NC(CO)C(O)CCCCCCCCCCC. The Hall–Kier alpha value is -2.44. The largest absolute Gasteiger partial charge is 0.458 e. The summed E-state index contributed by atoms with van der Waals surface area (Å²) in [5, 5.41) is 23.5. The number of rotatable bonds is 42. The second-order valence-electron chi connectivity index (χ2n) is 16.2. The maximum Gasteiger partial charge on any atom is 0.306 e. The fraction of sp³-hybridized carbons (Fsp3) is 0.765. The number of carbonyl (C=O) groups is 2. The van der Waals surface area contributed by atoms with E-state index in [2.05, 4.69) is 74.7 Å². The fourth-order valence-electron chi connectivity index (χ4n) is 6.93. The molecule has 0 saturated carbocycles. The minimum Gasteiger partial charge on any atom is -0.458 e. The average molecular weight is 798 g/mol. The lowest BCUT2D eigenvalue weighted by Gasteiger charge is -2.23. The van der Waals surface area contributed by atoms with Crippen LogP contribution in [0.3, 0.4) is 0 Å². The Labute approximate surface area is 352 Å². The molecule has 1 amide bonds. The molecule has 0 heterocycles. The molecule has 6 nitrogen and oxygen atoms in total. The lowest BCUT2D eigenvalue weighted by Crippen LogP contribution is -2.46. The molecule has 0 aliphatic heterocycles. The molecule has 6 heteroatoms. The highest BCUT2D eigenvalue weighted by molar-refractivity contribution is 5.78. The van der Waals surface area contributed by atoms with E-state index in [4.69, 9.17) is 4.74 Å². The van der Waals surface area contributed by atoms with Crippen molar-refractivity contribution in [1.82, 2.24) is 5.32 Å². The van der Waals surface area contributed by atoms with Crippen LogP contribution < -0.4 is 5.32 Å². The number of unbranched alkanes of at least 4 members (excludes halogenated alkanes) is 24. The molecular formula is C51H91NO5. The van der Waals surface area contributed by atoms with Crippen LogP contribution >= 0.6 is 0 Å². The molecule has 0 aromatic carbocycles. The molecule has 57 heavy (non-hydrogen) atoms. The number of nitrogens with one attached hydrogen (secondary N) is 1. The van der Waals surface area contributed by atoms with Gasteiger partial charge in [0, 0.05) is 6.42 Å².